The number of halogens is 4. The number of fused-ring (bicyclic) bond motifs is 1. The van der Waals surface area contributed by atoms with Crippen LogP contribution in [0.3, 0.4) is 0 Å². The normalized spacial score (nSPS) is 23.4. The van der Waals surface area contributed by atoms with Gasteiger partial charge in [0.15, 0.2) is 0 Å². The molecule has 2 fully saturated rings. The number of nitrogens with zero attached hydrogens (tertiary/aromatic N) is 1. The molecule has 0 bridgehead atoms. The second-order valence-electron chi connectivity index (χ2n) is 8.12. The van der Waals surface area contributed by atoms with E-state index >= 15 is 0 Å². The van der Waals surface area contributed by atoms with Crippen molar-refractivity contribution in [2.75, 3.05) is 5.32 Å². The van der Waals surface area contributed by atoms with Gasteiger partial charge in [0.05, 0.1) is 11.3 Å². The van der Waals surface area contributed by atoms with Crippen molar-refractivity contribution in [2.45, 2.75) is 50.4 Å². The Morgan fingerprint density at radius 1 is 1.00 bits per heavy atom. The number of nitrogens with one attached hydrogen (secondary N) is 1. The predicted octanol–water partition coefficient (Wildman–Crippen LogP) is 5.26. The van der Waals surface area contributed by atoms with E-state index in [9.17, 15) is 27.2 Å². The highest BCUT2D eigenvalue weighted by atomic mass is 19.4. The third-order valence-corrected chi connectivity index (χ3v) is 6.20. The number of hydrogen-bond donors (Lipinski definition) is 1. The van der Waals surface area contributed by atoms with Crippen LogP contribution >= 0.6 is 0 Å². The van der Waals surface area contributed by atoms with E-state index in [1.807, 2.05) is 0 Å². The summed E-state index contributed by atoms with van der Waals surface area (Å²) in [5.41, 5.74) is -1.15. The third-order valence-electron chi connectivity index (χ3n) is 6.20. The molecule has 2 amide bonds. The molecule has 2 aromatic carbocycles. The molecule has 31 heavy (non-hydrogen) atoms. The van der Waals surface area contributed by atoms with E-state index < -0.39 is 35.2 Å². The maximum absolute atomic E-state index is 14.2. The van der Waals surface area contributed by atoms with Gasteiger partial charge in [-0.05, 0) is 55.5 Å². The Balaban J connectivity index is 1.62. The topological polar surface area (TPSA) is 49.4 Å². The van der Waals surface area contributed by atoms with E-state index in [2.05, 4.69) is 5.32 Å². The number of carbonyl (C=O) groups is 2. The number of benzene rings is 2. The number of carbonyl (C=O) groups excluding carboxylic acids is 2. The van der Waals surface area contributed by atoms with Crippen molar-refractivity contribution in [1.82, 2.24) is 4.90 Å². The summed E-state index contributed by atoms with van der Waals surface area (Å²) in [5, 5.41) is 2.30. The van der Waals surface area contributed by atoms with Crippen LogP contribution < -0.4 is 5.32 Å². The van der Waals surface area contributed by atoms with Gasteiger partial charge in [0.1, 0.15) is 11.9 Å². The zero-order valence-electron chi connectivity index (χ0n) is 16.7. The number of rotatable bonds is 3. The highest BCUT2D eigenvalue weighted by Gasteiger charge is 2.47. The van der Waals surface area contributed by atoms with Crippen LogP contribution in [0.5, 0.6) is 0 Å². The Bertz CT molecular complexity index is 977. The average Bonchev–Trinajstić information content (AvgIpc) is 3.14. The largest absolute Gasteiger partial charge is 0.416 e. The lowest BCUT2D eigenvalue weighted by atomic mass is 9.84. The Morgan fingerprint density at radius 3 is 2.42 bits per heavy atom. The summed E-state index contributed by atoms with van der Waals surface area (Å²) in [5.74, 6) is -1.78. The predicted molar refractivity (Wildman–Crippen MR) is 107 cm³/mol. The van der Waals surface area contributed by atoms with Crippen LogP contribution in [0.1, 0.15) is 48.0 Å². The molecular formula is C23H22F4N2O2. The van der Waals surface area contributed by atoms with E-state index in [1.165, 1.54) is 0 Å². The van der Waals surface area contributed by atoms with Gasteiger partial charge in [-0.3, -0.25) is 9.59 Å². The zero-order valence-corrected chi connectivity index (χ0v) is 16.7. The van der Waals surface area contributed by atoms with E-state index in [1.54, 1.807) is 35.2 Å². The molecule has 2 aliphatic rings. The summed E-state index contributed by atoms with van der Waals surface area (Å²) in [6.07, 6.45) is -0.655. The van der Waals surface area contributed by atoms with Crippen molar-refractivity contribution in [3.8, 4) is 0 Å². The summed E-state index contributed by atoms with van der Waals surface area (Å²) in [6.45, 7) is 0. The summed E-state index contributed by atoms with van der Waals surface area (Å²) in [6, 6.07) is 9.49. The molecule has 8 heteroatoms. The van der Waals surface area contributed by atoms with Gasteiger partial charge in [0.2, 0.25) is 5.91 Å². The van der Waals surface area contributed by atoms with Crippen molar-refractivity contribution in [3.63, 3.8) is 0 Å². The lowest BCUT2D eigenvalue weighted by Gasteiger charge is -2.33. The van der Waals surface area contributed by atoms with E-state index in [0.717, 1.165) is 25.7 Å². The summed E-state index contributed by atoms with van der Waals surface area (Å²) in [7, 11) is 0. The molecule has 164 valence electrons. The van der Waals surface area contributed by atoms with Crippen LogP contribution in [-0.2, 0) is 11.0 Å². The maximum atomic E-state index is 14.2. The summed E-state index contributed by atoms with van der Waals surface area (Å²) >= 11 is 0. The van der Waals surface area contributed by atoms with Gasteiger partial charge < -0.3 is 10.2 Å². The number of amides is 2. The van der Waals surface area contributed by atoms with Crippen LogP contribution in [0.15, 0.2) is 48.5 Å². The molecule has 2 aromatic rings. The van der Waals surface area contributed by atoms with Gasteiger partial charge >= 0.3 is 6.18 Å². The first-order valence-electron chi connectivity index (χ1n) is 10.3. The van der Waals surface area contributed by atoms with Crippen LogP contribution in [0, 0.1) is 11.7 Å². The van der Waals surface area contributed by atoms with Crippen LogP contribution in [-0.4, -0.2) is 28.8 Å². The van der Waals surface area contributed by atoms with Crippen molar-refractivity contribution in [1.29, 1.82) is 0 Å². The molecule has 0 spiro atoms. The monoisotopic (exact) mass is 434 g/mol. The number of alkyl halides is 3. The second kappa shape index (κ2) is 8.32. The molecule has 0 radical (unpaired) electrons. The fraction of sp³-hybridized carbons (Fsp3) is 0.391. The molecule has 1 saturated heterocycles. The van der Waals surface area contributed by atoms with Crippen molar-refractivity contribution in [3.05, 3.63) is 65.5 Å². The van der Waals surface area contributed by atoms with Crippen molar-refractivity contribution in [2.24, 2.45) is 5.92 Å². The van der Waals surface area contributed by atoms with E-state index in [0.29, 0.717) is 30.2 Å². The fourth-order valence-corrected chi connectivity index (χ4v) is 4.73. The minimum absolute atomic E-state index is 0.108. The molecule has 1 heterocycles. The Kier molecular flexibility index (Phi) is 5.73. The standard InChI is InChI=1S/C23H22F4N2O2/c24-17-11-10-16(23(25,26)27)13-18(17)28-21(30)20-12-15-8-4-5-9-19(15)29(20)22(31)14-6-2-1-3-7-14/h1-3,6-7,10-11,13,15,19-20H,4-5,8-9,12H2,(H,28,30)/t15-,19+,20+/m1/s1. The zero-order chi connectivity index (χ0) is 22.2. The Labute approximate surface area is 177 Å². The molecule has 1 saturated carbocycles. The van der Waals surface area contributed by atoms with Gasteiger partial charge in [0, 0.05) is 11.6 Å². The molecule has 1 N–H and O–H groups in total. The van der Waals surface area contributed by atoms with E-state index in [4.69, 9.17) is 0 Å². The minimum Gasteiger partial charge on any atom is -0.323 e. The third kappa shape index (κ3) is 4.29. The molecule has 1 aliphatic heterocycles. The smallest absolute Gasteiger partial charge is 0.323 e. The molecule has 0 unspecified atom stereocenters. The molecule has 3 atom stereocenters. The summed E-state index contributed by atoms with van der Waals surface area (Å²) < 4.78 is 53.2. The second-order valence-corrected chi connectivity index (χ2v) is 8.12. The minimum atomic E-state index is -4.66. The van der Waals surface area contributed by atoms with Gasteiger partial charge in [-0.1, -0.05) is 31.0 Å². The first-order chi connectivity index (χ1) is 14.8. The number of anilines is 1. The van der Waals surface area contributed by atoms with Gasteiger partial charge in [-0.2, -0.15) is 13.2 Å². The van der Waals surface area contributed by atoms with Crippen molar-refractivity contribution >= 4 is 17.5 Å². The van der Waals surface area contributed by atoms with Gasteiger partial charge in [-0.15, -0.1) is 0 Å². The average molecular weight is 434 g/mol. The highest BCUT2D eigenvalue weighted by molar-refractivity contribution is 6.02. The quantitative estimate of drug-likeness (QED) is 0.671. The molecule has 4 nitrogen and oxygen atoms in total. The lowest BCUT2D eigenvalue weighted by molar-refractivity contribution is -0.137. The van der Waals surface area contributed by atoms with Crippen LogP contribution in [0.4, 0.5) is 23.2 Å². The van der Waals surface area contributed by atoms with Crippen LogP contribution in [0.2, 0.25) is 0 Å². The fourth-order valence-electron chi connectivity index (χ4n) is 4.73. The Morgan fingerprint density at radius 2 is 1.71 bits per heavy atom. The maximum Gasteiger partial charge on any atom is 0.416 e. The Hall–Kier alpha value is -2.90. The first kappa shape index (κ1) is 21.3. The summed E-state index contributed by atoms with van der Waals surface area (Å²) in [4.78, 5) is 27.9. The lowest BCUT2D eigenvalue weighted by Crippen LogP contribution is -2.47. The molecular weight excluding hydrogens is 412 g/mol. The first-order valence-corrected chi connectivity index (χ1v) is 10.3. The molecule has 4 rings (SSSR count). The number of likely N-dealkylation sites (tertiary alicyclic amines) is 1. The SMILES string of the molecule is O=C(Nc1cc(C(F)(F)F)ccc1F)[C@@H]1C[C@H]2CCCC[C@@H]2N1C(=O)c1ccccc1. The molecule has 1 aliphatic carbocycles. The van der Waals surface area contributed by atoms with E-state index in [-0.39, 0.29) is 17.9 Å². The molecule has 0 aromatic heterocycles. The highest BCUT2D eigenvalue weighted by Crippen LogP contribution is 2.41. The van der Waals surface area contributed by atoms with Gasteiger partial charge in [0.25, 0.3) is 5.91 Å². The van der Waals surface area contributed by atoms with Crippen LogP contribution in [0.25, 0.3) is 0 Å². The number of hydrogen-bond acceptors (Lipinski definition) is 2. The van der Waals surface area contributed by atoms with Crippen molar-refractivity contribution < 1.29 is 27.2 Å². The van der Waals surface area contributed by atoms with Gasteiger partial charge in [-0.25, -0.2) is 4.39 Å².